The molecule has 2 aliphatic carbocycles. The average molecular weight is 178 g/mol. The summed E-state index contributed by atoms with van der Waals surface area (Å²) in [5, 5.41) is 0. The minimum atomic E-state index is 0.762. The lowest BCUT2D eigenvalue weighted by Gasteiger charge is -2.23. The standard InChI is InChI=1S/C13H22/c1-9(2)7-12-10(3)5-6-13(12)8-11(13)4/h10-12H,1,5-8H2,2-4H3. The van der Waals surface area contributed by atoms with Crippen LogP contribution in [0.5, 0.6) is 0 Å². The number of rotatable bonds is 2. The van der Waals surface area contributed by atoms with Crippen molar-refractivity contribution in [3.63, 3.8) is 0 Å². The Morgan fingerprint density at radius 1 is 1.46 bits per heavy atom. The molecule has 0 radical (unpaired) electrons. The molecule has 0 saturated heterocycles. The van der Waals surface area contributed by atoms with Crippen molar-refractivity contribution in [3.05, 3.63) is 12.2 Å². The van der Waals surface area contributed by atoms with E-state index in [1.54, 1.807) is 0 Å². The minimum absolute atomic E-state index is 0.762. The highest BCUT2D eigenvalue weighted by Crippen LogP contribution is 2.68. The van der Waals surface area contributed by atoms with E-state index in [4.69, 9.17) is 0 Å². The van der Waals surface area contributed by atoms with Gasteiger partial charge in [-0.05, 0) is 55.8 Å². The molecule has 0 aromatic carbocycles. The van der Waals surface area contributed by atoms with Crippen LogP contribution in [-0.4, -0.2) is 0 Å². The summed E-state index contributed by atoms with van der Waals surface area (Å²) in [5.74, 6) is 2.91. The Morgan fingerprint density at radius 3 is 2.54 bits per heavy atom. The van der Waals surface area contributed by atoms with Gasteiger partial charge in [-0.3, -0.25) is 0 Å². The van der Waals surface area contributed by atoms with Crippen LogP contribution >= 0.6 is 0 Å². The van der Waals surface area contributed by atoms with Gasteiger partial charge in [0.05, 0.1) is 0 Å². The van der Waals surface area contributed by atoms with Crippen LogP contribution < -0.4 is 0 Å². The summed E-state index contributed by atoms with van der Waals surface area (Å²) < 4.78 is 0. The van der Waals surface area contributed by atoms with E-state index < -0.39 is 0 Å². The minimum Gasteiger partial charge on any atom is -0.100 e. The zero-order chi connectivity index (χ0) is 9.64. The van der Waals surface area contributed by atoms with Crippen molar-refractivity contribution >= 4 is 0 Å². The summed E-state index contributed by atoms with van der Waals surface area (Å²) in [7, 11) is 0. The van der Waals surface area contributed by atoms with E-state index in [1.165, 1.54) is 31.3 Å². The highest BCUT2D eigenvalue weighted by Gasteiger charge is 2.59. The van der Waals surface area contributed by atoms with Crippen LogP contribution in [0.2, 0.25) is 0 Å². The van der Waals surface area contributed by atoms with E-state index in [1.807, 2.05) is 0 Å². The number of hydrogen-bond donors (Lipinski definition) is 0. The summed E-state index contributed by atoms with van der Waals surface area (Å²) in [5.41, 5.74) is 2.15. The van der Waals surface area contributed by atoms with Crippen LogP contribution in [0.3, 0.4) is 0 Å². The first kappa shape index (κ1) is 9.30. The maximum absolute atomic E-state index is 4.07. The van der Waals surface area contributed by atoms with Crippen LogP contribution in [-0.2, 0) is 0 Å². The first-order valence-electron chi connectivity index (χ1n) is 5.70. The summed E-state index contributed by atoms with van der Waals surface area (Å²) in [4.78, 5) is 0. The van der Waals surface area contributed by atoms with E-state index >= 15 is 0 Å². The van der Waals surface area contributed by atoms with E-state index in [0.717, 1.165) is 23.2 Å². The molecule has 1 spiro atoms. The van der Waals surface area contributed by atoms with Crippen molar-refractivity contribution in [1.82, 2.24) is 0 Å². The van der Waals surface area contributed by atoms with Gasteiger partial charge in [0.2, 0.25) is 0 Å². The summed E-state index contributed by atoms with van der Waals surface area (Å²) in [6.07, 6.45) is 5.73. The van der Waals surface area contributed by atoms with Gasteiger partial charge in [0.25, 0.3) is 0 Å². The van der Waals surface area contributed by atoms with Crippen molar-refractivity contribution in [2.45, 2.75) is 46.5 Å². The van der Waals surface area contributed by atoms with Crippen LogP contribution in [0, 0.1) is 23.2 Å². The van der Waals surface area contributed by atoms with Gasteiger partial charge in [-0.15, -0.1) is 6.58 Å². The zero-order valence-corrected chi connectivity index (χ0v) is 9.27. The second kappa shape index (κ2) is 2.87. The van der Waals surface area contributed by atoms with Gasteiger partial charge in [-0.25, -0.2) is 0 Å². The fourth-order valence-corrected chi connectivity index (χ4v) is 3.61. The molecule has 4 unspecified atom stereocenters. The maximum atomic E-state index is 4.07. The molecule has 0 amide bonds. The van der Waals surface area contributed by atoms with E-state index in [2.05, 4.69) is 27.4 Å². The molecule has 0 heterocycles. The fraction of sp³-hybridized carbons (Fsp3) is 0.846. The van der Waals surface area contributed by atoms with Crippen LogP contribution in [0.25, 0.3) is 0 Å². The molecule has 4 atom stereocenters. The van der Waals surface area contributed by atoms with Gasteiger partial charge < -0.3 is 0 Å². The van der Waals surface area contributed by atoms with Gasteiger partial charge in [-0.1, -0.05) is 19.4 Å². The predicted molar refractivity (Wildman–Crippen MR) is 57.5 cm³/mol. The quantitative estimate of drug-likeness (QED) is 0.560. The van der Waals surface area contributed by atoms with E-state index in [9.17, 15) is 0 Å². The molecule has 2 rings (SSSR count). The fourth-order valence-electron chi connectivity index (χ4n) is 3.61. The van der Waals surface area contributed by atoms with E-state index in [-0.39, 0.29) is 0 Å². The lowest BCUT2D eigenvalue weighted by atomic mass is 9.82. The lowest BCUT2D eigenvalue weighted by molar-refractivity contribution is 0.286. The molecule has 0 nitrogen and oxygen atoms in total. The lowest BCUT2D eigenvalue weighted by Crippen LogP contribution is -2.16. The Labute approximate surface area is 82.4 Å². The van der Waals surface area contributed by atoms with Crippen LogP contribution in [0.15, 0.2) is 12.2 Å². The molecule has 0 heteroatoms. The summed E-state index contributed by atoms with van der Waals surface area (Å²) >= 11 is 0. The molecule has 0 aromatic rings. The molecule has 0 N–H and O–H groups in total. The third-order valence-electron chi connectivity index (χ3n) is 4.57. The van der Waals surface area contributed by atoms with Crippen molar-refractivity contribution in [2.24, 2.45) is 23.2 Å². The average Bonchev–Trinajstić information content (AvgIpc) is 2.60. The third-order valence-corrected chi connectivity index (χ3v) is 4.57. The summed E-state index contributed by atoms with van der Waals surface area (Å²) in [6, 6.07) is 0. The highest BCUT2D eigenvalue weighted by atomic mass is 14.6. The Balaban J connectivity index is 2.09. The zero-order valence-electron chi connectivity index (χ0n) is 9.27. The van der Waals surface area contributed by atoms with Gasteiger partial charge in [0.15, 0.2) is 0 Å². The molecular formula is C13H22. The Kier molecular flexibility index (Phi) is 2.05. The number of hydrogen-bond acceptors (Lipinski definition) is 0. The van der Waals surface area contributed by atoms with Crippen molar-refractivity contribution in [1.29, 1.82) is 0 Å². The molecule has 0 aliphatic heterocycles. The second-order valence-electron chi connectivity index (χ2n) is 5.62. The van der Waals surface area contributed by atoms with E-state index in [0.29, 0.717) is 0 Å². The smallest absolute Gasteiger partial charge is 0.0235 e. The number of allylic oxidation sites excluding steroid dienone is 1. The van der Waals surface area contributed by atoms with Gasteiger partial charge >= 0.3 is 0 Å². The SMILES string of the molecule is C=C(C)CC1C(C)CCC12CC2C. The molecule has 2 fully saturated rings. The largest absolute Gasteiger partial charge is 0.100 e. The predicted octanol–water partition coefficient (Wildman–Crippen LogP) is 4.02. The third kappa shape index (κ3) is 1.35. The Morgan fingerprint density at radius 2 is 2.08 bits per heavy atom. The first-order chi connectivity index (χ1) is 6.06. The van der Waals surface area contributed by atoms with Gasteiger partial charge in [-0.2, -0.15) is 0 Å². The van der Waals surface area contributed by atoms with Gasteiger partial charge in [0, 0.05) is 0 Å². The molecule has 0 bridgehead atoms. The maximum Gasteiger partial charge on any atom is -0.0235 e. The molecule has 2 aliphatic rings. The highest BCUT2D eigenvalue weighted by molar-refractivity contribution is 5.11. The Hall–Kier alpha value is -0.260. The molecule has 0 aromatic heterocycles. The van der Waals surface area contributed by atoms with Crippen LogP contribution in [0.4, 0.5) is 0 Å². The molecular weight excluding hydrogens is 156 g/mol. The summed E-state index contributed by atoms with van der Waals surface area (Å²) in [6.45, 7) is 11.1. The normalized spacial score (nSPS) is 48.4. The molecule has 74 valence electrons. The topological polar surface area (TPSA) is 0 Å². The second-order valence-corrected chi connectivity index (χ2v) is 5.62. The van der Waals surface area contributed by atoms with Crippen molar-refractivity contribution in [2.75, 3.05) is 0 Å². The monoisotopic (exact) mass is 178 g/mol. The van der Waals surface area contributed by atoms with Crippen molar-refractivity contribution < 1.29 is 0 Å². The molecule has 2 saturated carbocycles. The van der Waals surface area contributed by atoms with Crippen molar-refractivity contribution in [3.8, 4) is 0 Å². The first-order valence-corrected chi connectivity index (χ1v) is 5.70. The molecule has 13 heavy (non-hydrogen) atoms. The van der Waals surface area contributed by atoms with Crippen LogP contribution in [0.1, 0.15) is 46.5 Å². The van der Waals surface area contributed by atoms with Gasteiger partial charge in [0.1, 0.15) is 0 Å². The Bertz CT molecular complexity index is 228.